The van der Waals surface area contributed by atoms with E-state index in [1.165, 1.54) is 7.11 Å². The van der Waals surface area contributed by atoms with Gasteiger partial charge >= 0.3 is 10.2 Å². The van der Waals surface area contributed by atoms with E-state index in [1.807, 2.05) is 0 Å². The maximum absolute atomic E-state index is 12.5. The molecule has 1 aliphatic rings. The van der Waals surface area contributed by atoms with Crippen molar-refractivity contribution in [2.24, 2.45) is 0 Å². The zero-order valence-electron chi connectivity index (χ0n) is 9.10. The number of hydrogen-bond donors (Lipinski definition) is 0. The smallest absolute Gasteiger partial charge is 0.302 e. The molecule has 1 heterocycles. The first-order chi connectivity index (χ1) is 7.99. The number of ether oxygens (including phenoxy) is 3. The molecule has 0 saturated heterocycles. The number of methoxy groups -OCH3 is 1. The molecule has 7 heteroatoms. The van der Waals surface area contributed by atoms with E-state index in [0.29, 0.717) is 22.8 Å². The Balaban J connectivity index is 2.26. The molecule has 94 valence electrons. The number of benzene rings is 1. The Hall–Kier alpha value is -1.50. The van der Waals surface area contributed by atoms with Gasteiger partial charge in [-0.15, -0.1) is 3.89 Å². The Morgan fingerprint density at radius 3 is 2.59 bits per heavy atom. The molecule has 0 aromatic heterocycles. The third kappa shape index (κ3) is 2.79. The normalized spacial score (nSPS) is 13.8. The fourth-order valence-corrected chi connectivity index (χ4v) is 2.05. The van der Waals surface area contributed by atoms with Crippen molar-refractivity contribution in [1.82, 2.24) is 0 Å². The van der Waals surface area contributed by atoms with Crippen LogP contribution < -0.4 is 14.2 Å². The van der Waals surface area contributed by atoms with Gasteiger partial charge in [0.15, 0.2) is 11.5 Å². The summed E-state index contributed by atoms with van der Waals surface area (Å²) in [6.07, 6.45) is 0.0264. The fourth-order valence-electron chi connectivity index (χ4n) is 1.58. The van der Waals surface area contributed by atoms with Gasteiger partial charge in [0, 0.05) is 6.07 Å². The van der Waals surface area contributed by atoms with Gasteiger partial charge in [-0.3, -0.25) is 0 Å². The van der Waals surface area contributed by atoms with Gasteiger partial charge in [0.25, 0.3) is 0 Å². The van der Waals surface area contributed by atoms with Crippen LogP contribution in [0, 0.1) is 0 Å². The highest BCUT2D eigenvalue weighted by atomic mass is 32.3. The Labute approximate surface area is 98.3 Å². The van der Waals surface area contributed by atoms with Crippen molar-refractivity contribution in [1.29, 1.82) is 0 Å². The van der Waals surface area contributed by atoms with Gasteiger partial charge in [-0.05, 0) is 18.1 Å². The lowest BCUT2D eigenvalue weighted by Crippen LogP contribution is -2.03. The van der Waals surface area contributed by atoms with E-state index in [4.69, 9.17) is 14.2 Å². The zero-order chi connectivity index (χ0) is 12.5. The summed E-state index contributed by atoms with van der Waals surface area (Å²) in [4.78, 5) is 0. The van der Waals surface area contributed by atoms with Crippen molar-refractivity contribution in [3.8, 4) is 17.2 Å². The molecule has 1 aliphatic heterocycles. The molecule has 0 spiro atoms. The van der Waals surface area contributed by atoms with E-state index >= 15 is 0 Å². The molecule has 0 aliphatic carbocycles. The van der Waals surface area contributed by atoms with Crippen LogP contribution in [0.3, 0.4) is 0 Å². The first-order valence-corrected chi connectivity index (χ1v) is 6.44. The van der Waals surface area contributed by atoms with Crippen molar-refractivity contribution in [2.45, 2.75) is 6.42 Å². The Bertz CT molecular complexity index is 526. The summed E-state index contributed by atoms with van der Waals surface area (Å²) in [5, 5.41) is 0. The van der Waals surface area contributed by atoms with Crippen LogP contribution in [0.5, 0.6) is 17.2 Å². The molecule has 0 amide bonds. The van der Waals surface area contributed by atoms with Gasteiger partial charge in [-0.2, -0.15) is 8.42 Å². The SMILES string of the molecule is COc1cc2c(cc1CCS(=O)(=O)F)OCO2. The molecule has 0 saturated carbocycles. The second-order valence-corrected chi connectivity index (χ2v) is 5.00. The Kier molecular flexibility index (Phi) is 3.10. The van der Waals surface area contributed by atoms with Crippen molar-refractivity contribution in [2.75, 3.05) is 19.7 Å². The topological polar surface area (TPSA) is 61.8 Å². The maximum atomic E-state index is 12.5. The summed E-state index contributed by atoms with van der Waals surface area (Å²) in [7, 11) is -3.04. The molecule has 0 bridgehead atoms. The van der Waals surface area contributed by atoms with Crippen molar-refractivity contribution in [3.63, 3.8) is 0 Å². The fraction of sp³-hybridized carbons (Fsp3) is 0.400. The molecule has 1 aromatic carbocycles. The highest BCUT2D eigenvalue weighted by Gasteiger charge is 2.19. The first kappa shape index (κ1) is 12.0. The van der Waals surface area contributed by atoms with Crippen LogP contribution in [-0.2, 0) is 16.6 Å². The van der Waals surface area contributed by atoms with Crippen LogP contribution >= 0.6 is 0 Å². The minimum Gasteiger partial charge on any atom is -0.496 e. The summed E-state index contributed by atoms with van der Waals surface area (Å²) in [5.74, 6) is 0.923. The molecule has 0 unspecified atom stereocenters. The van der Waals surface area contributed by atoms with E-state index in [1.54, 1.807) is 12.1 Å². The highest BCUT2D eigenvalue weighted by molar-refractivity contribution is 7.86. The highest BCUT2D eigenvalue weighted by Crippen LogP contribution is 2.38. The number of rotatable bonds is 4. The lowest BCUT2D eigenvalue weighted by Gasteiger charge is -2.08. The van der Waals surface area contributed by atoms with Crippen LogP contribution in [-0.4, -0.2) is 28.1 Å². The van der Waals surface area contributed by atoms with E-state index in [9.17, 15) is 12.3 Å². The van der Waals surface area contributed by atoms with Crippen LogP contribution in [0.1, 0.15) is 5.56 Å². The standard InChI is InChI=1S/C10H11FO5S/c1-14-8-5-10-9(15-6-16-10)4-7(8)2-3-17(11,12)13/h4-5H,2-3,6H2,1H3. The monoisotopic (exact) mass is 262 g/mol. The van der Waals surface area contributed by atoms with Gasteiger partial charge in [-0.25, -0.2) is 0 Å². The molecular formula is C10H11FO5S. The van der Waals surface area contributed by atoms with E-state index in [2.05, 4.69) is 0 Å². The minimum atomic E-state index is -4.49. The third-order valence-corrected chi connectivity index (χ3v) is 3.08. The second-order valence-electron chi connectivity index (χ2n) is 3.51. The van der Waals surface area contributed by atoms with Crippen molar-refractivity contribution >= 4 is 10.2 Å². The maximum Gasteiger partial charge on any atom is 0.302 e. The summed E-state index contributed by atoms with van der Waals surface area (Å²) in [6, 6.07) is 3.20. The molecule has 5 nitrogen and oxygen atoms in total. The van der Waals surface area contributed by atoms with Crippen LogP contribution in [0.15, 0.2) is 12.1 Å². The lowest BCUT2D eigenvalue weighted by atomic mass is 10.1. The predicted molar refractivity (Wildman–Crippen MR) is 57.7 cm³/mol. The molecule has 0 N–H and O–H groups in total. The van der Waals surface area contributed by atoms with Crippen LogP contribution in [0.4, 0.5) is 3.89 Å². The average molecular weight is 262 g/mol. The molecule has 0 radical (unpaired) electrons. The minimum absolute atomic E-state index is 0.0264. The third-order valence-electron chi connectivity index (χ3n) is 2.39. The second kappa shape index (κ2) is 4.40. The lowest BCUT2D eigenvalue weighted by molar-refractivity contribution is 0.174. The predicted octanol–water partition coefficient (Wildman–Crippen LogP) is 1.27. The molecule has 17 heavy (non-hydrogen) atoms. The first-order valence-electron chi connectivity index (χ1n) is 4.88. The summed E-state index contributed by atoms with van der Waals surface area (Å²) in [6.45, 7) is 0.114. The molecule has 1 aromatic rings. The number of halogens is 1. The van der Waals surface area contributed by atoms with Crippen LogP contribution in [0.25, 0.3) is 0 Å². The van der Waals surface area contributed by atoms with Crippen molar-refractivity contribution < 1.29 is 26.5 Å². The van der Waals surface area contributed by atoms with Gasteiger partial charge < -0.3 is 14.2 Å². The van der Waals surface area contributed by atoms with Gasteiger partial charge in [0.2, 0.25) is 6.79 Å². The van der Waals surface area contributed by atoms with E-state index in [-0.39, 0.29) is 13.2 Å². The summed E-state index contributed by atoms with van der Waals surface area (Å²) < 4.78 is 48.8. The molecular weight excluding hydrogens is 251 g/mol. The van der Waals surface area contributed by atoms with Gasteiger partial charge in [0.05, 0.1) is 12.9 Å². The number of hydrogen-bond acceptors (Lipinski definition) is 5. The van der Waals surface area contributed by atoms with Gasteiger partial charge in [-0.1, -0.05) is 0 Å². The average Bonchev–Trinajstić information content (AvgIpc) is 2.70. The Morgan fingerprint density at radius 2 is 2.00 bits per heavy atom. The molecule has 2 rings (SSSR count). The molecule has 0 fully saturated rings. The van der Waals surface area contributed by atoms with Crippen LogP contribution in [0.2, 0.25) is 0 Å². The number of fused-ring (bicyclic) bond motifs is 1. The Morgan fingerprint density at radius 1 is 1.35 bits per heavy atom. The zero-order valence-corrected chi connectivity index (χ0v) is 9.92. The summed E-state index contributed by atoms with van der Waals surface area (Å²) in [5.41, 5.74) is 0.568. The largest absolute Gasteiger partial charge is 0.496 e. The quantitative estimate of drug-likeness (QED) is 0.764. The van der Waals surface area contributed by atoms with Crippen molar-refractivity contribution in [3.05, 3.63) is 17.7 Å². The molecule has 0 atom stereocenters. The summed E-state index contributed by atoms with van der Waals surface area (Å²) >= 11 is 0. The van der Waals surface area contributed by atoms with Gasteiger partial charge in [0.1, 0.15) is 5.75 Å². The van der Waals surface area contributed by atoms with E-state index < -0.39 is 16.0 Å². The van der Waals surface area contributed by atoms with E-state index in [0.717, 1.165) is 0 Å². The number of aryl methyl sites for hydroxylation is 1.